The van der Waals surface area contributed by atoms with Crippen LogP contribution >= 0.6 is 24.0 Å². The predicted octanol–water partition coefficient (Wildman–Crippen LogP) is 2.77. The first-order valence-electron chi connectivity index (χ1n) is 9.20. The fourth-order valence-electron chi connectivity index (χ4n) is 2.70. The van der Waals surface area contributed by atoms with Gasteiger partial charge in [0.05, 0.1) is 17.7 Å². The van der Waals surface area contributed by atoms with Crippen LogP contribution in [-0.4, -0.2) is 53.5 Å². The molecule has 0 atom stereocenters. The van der Waals surface area contributed by atoms with Crippen LogP contribution < -0.4 is 16.0 Å². The molecule has 1 amide bonds. The summed E-state index contributed by atoms with van der Waals surface area (Å²) in [6.07, 6.45) is 3.33. The standard InChI is InChI=1S/C18H36N4O3.HI/c1-7-19-14(21-13-18(24)10-8-9-11-18)20-12-17(5,6)22-15(23)25-16(2,3)4;/h24H,7-13H2,1-6H3,(H,22,23)(H2,19,20,21);1H. The van der Waals surface area contributed by atoms with Crippen molar-refractivity contribution in [2.24, 2.45) is 4.99 Å². The summed E-state index contributed by atoms with van der Waals surface area (Å²) in [6.45, 7) is 12.9. The van der Waals surface area contributed by atoms with Gasteiger partial charge in [-0.1, -0.05) is 12.8 Å². The van der Waals surface area contributed by atoms with E-state index in [1.807, 2.05) is 41.5 Å². The summed E-state index contributed by atoms with van der Waals surface area (Å²) in [5.74, 6) is 0.641. The highest BCUT2D eigenvalue weighted by Crippen LogP contribution is 2.28. The Balaban J connectivity index is 0.00000625. The maximum absolute atomic E-state index is 11.9. The lowest BCUT2D eigenvalue weighted by atomic mass is 10.0. The van der Waals surface area contributed by atoms with Crippen molar-refractivity contribution < 1.29 is 14.6 Å². The molecule has 8 heteroatoms. The topological polar surface area (TPSA) is 95.0 Å². The lowest BCUT2D eigenvalue weighted by Gasteiger charge is -2.28. The molecule has 1 rings (SSSR count). The highest BCUT2D eigenvalue weighted by molar-refractivity contribution is 14.0. The molecule has 1 fully saturated rings. The van der Waals surface area contributed by atoms with Crippen LogP contribution in [0.15, 0.2) is 4.99 Å². The Bertz CT molecular complexity index is 470. The van der Waals surface area contributed by atoms with Crippen molar-refractivity contribution in [3.63, 3.8) is 0 Å². The number of carbonyl (C=O) groups excluding carboxylic acids is 1. The molecule has 0 aliphatic heterocycles. The van der Waals surface area contributed by atoms with E-state index in [1.54, 1.807) is 0 Å². The van der Waals surface area contributed by atoms with Crippen molar-refractivity contribution in [2.75, 3.05) is 19.6 Å². The van der Waals surface area contributed by atoms with Crippen molar-refractivity contribution in [2.45, 2.75) is 84.0 Å². The first-order chi connectivity index (χ1) is 11.4. The van der Waals surface area contributed by atoms with Gasteiger partial charge in [-0.2, -0.15) is 0 Å². The fraction of sp³-hybridized carbons (Fsp3) is 0.889. The smallest absolute Gasteiger partial charge is 0.408 e. The second-order valence-corrected chi connectivity index (χ2v) is 8.49. The summed E-state index contributed by atoms with van der Waals surface area (Å²) >= 11 is 0. The molecule has 154 valence electrons. The van der Waals surface area contributed by atoms with Gasteiger partial charge in [-0.05, 0) is 54.4 Å². The van der Waals surface area contributed by atoms with Gasteiger partial charge in [0.15, 0.2) is 5.96 Å². The van der Waals surface area contributed by atoms with Gasteiger partial charge >= 0.3 is 6.09 Å². The molecule has 4 N–H and O–H groups in total. The Morgan fingerprint density at radius 1 is 1.15 bits per heavy atom. The molecule has 0 aromatic carbocycles. The van der Waals surface area contributed by atoms with Gasteiger partial charge in [0.25, 0.3) is 0 Å². The average molecular weight is 484 g/mol. The SMILES string of the molecule is CCNC(=NCC(C)(C)NC(=O)OC(C)(C)C)NCC1(O)CCCC1.I. The molecule has 26 heavy (non-hydrogen) atoms. The minimum Gasteiger partial charge on any atom is -0.444 e. The van der Waals surface area contributed by atoms with Gasteiger partial charge in [0.2, 0.25) is 0 Å². The van der Waals surface area contributed by atoms with E-state index in [0.29, 0.717) is 19.0 Å². The molecule has 7 nitrogen and oxygen atoms in total. The third kappa shape index (κ3) is 10.4. The van der Waals surface area contributed by atoms with Crippen molar-refractivity contribution in [3.8, 4) is 0 Å². The zero-order valence-electron chi connectivity index (χ0n) is 17.1. The van der Waals surface area contributed by atoms with Crippen LogP contribution in [0.3, 0.4) is 0 Å². The maximum atomic E-state index is 11.9. The highest BCUT2D eigenvalue weighted by Gasteiger charge is 2.31. The van der Waals surface area contributed by atoms with Crippen molar-refractivity contribution >= 4 is 36.0 Å². The second kappa shape index (κ2) is 10.5. The Labute approximate surface area is 175 Å². The third-order valence-corrected chi connectivity index (χ3v) is 3.94. The normalized spacial score (nSPS) is 17.3. The molecule has 1 aliphatic rings. The van der Waals surface area contributed by atoms with E-state index >= 15 is 0 Å². The predicted molar refractivity (Wildman–Crippen MR) is 116 cm³/mol. The van der Waals surface area contributed by atoms with Gasteiger partial charge in [0.1, 0.15) is 5.60 Å². The largest absolute Gasteiger partial charge is 0.444 e. The number of ether oxygens (including phenoxy) is 1. The van der Waals surface area contributed by atoms with E-state index in [4.69, 9.17) is 4.74 Å². The van der Waals surface area contributed by atoms with Crippen LogP contribution in [0.5, 0.6) is 0 Å². The summed E-state index contributed by atoms with van der Waals surface area (Å²) in [7, 11) is 0. The van der Waals surface area contributed by atoms with E-state index in [0.717, 1.165) is 32.2 Å². The van der Waals surface area contributed by atoms with Crippen LogP contribution in [0.25, 0.3) is 0 Å². The van der Waals surface area contributed by atoms with Gasteiger partial charge in [-0.3, -0.25) is 4.99 Å². The van der Waals surface area contributed by atoms with Gasteiger partial charge in [-0.15, -0.1) is 24.0 Å². The van der Waals surface area contributed by atoms with Crippen molar-refractivity contribution in [3.05, 3.63) is 0 Å². The van der Waals surface area contributed by atoms with Crippen molar-refractivity contribution in [1.82, 2.24) is 16.0 Å². The molecule has 0 bridgehead atoms. The summed E-state index contributed by atoms with van der Waals surface area (Å²) < 4.78 is 5.29. The number of alkyl carbamates (subject to hydrolysis) is 1. The van der Waals surface area contributed by atoms with Crippen LogP contribution in [0, 0.1) is 0 Å². The molecule has 0 spiro atoms. The van der Waals surface area contributed by atoms with Crippen LogP contribution in [0.1, 0.15) is 67.2 Å². The number of nitrogens with one attached hydrogen (secondary N) is 3. The van der Waals surface area contributed by atoms with E-state index in [9.17, 15) is 9.90 Å². The lowest BCUT2D eigenvalue weighted by molar-refractivity contribution is 0.0476. The first-order valence-corrected chi connectivity index (χ1v) is 9.20. The summed E-state index contributed by atoms with van der Waals surface area (Å²) in [5, 5.41) is 19.7. The summed E-state index contributed by atoms with van der Waals surface area (Å²) in [5.41, 5.74) is -1.72. The monoisotopic (exact) mass is 484 g/mol. The van der Waals surface area contributed by atoms with Gasteiger partial charge in [-0.25, -0.2) is 4.79 Å². The number of aliphatic imine (C=N–C) groups is 1. The summed E-state index contributed by atoms with van der Waals surface area (Å²) in [6, 6.07) is 0. The molecule has 0 saturated heterocycles. The Hall–Kier alpha value is -0.770. The van der Waals surface area contributed by atoms with Crippen LogP contribution in [-0.2, 0) is 4.74 Å². The van der Waals surface area contributed by atoms with E-state index in [1.165, 1.54) is 0 Å². The molecule has 0 radical (unpaired) electrons. The molecular formula is C18H37IN4O3. The quantitative estimate of drug-likeness (QED) is 0.264. The number of hydrogen-bond acceptors (Lipinski definition) is 4. The fourth-order valence-corrected chi connectivity index (χ4v) is 2.70. The van der Waals surface area contributed by atoms with Crippen LogP contribution in [0.4, 0.5) is 4.79 Å². The Morgan fingerprint density at radius 2 is 1.73 bits per heavy atom. The van der Waals surface area contributed by atoms with E-state index in [2.05, 4.69) is 20.9 Å². The molecule has 0 aromatic heterocycles. The second-order valence-electron chi connectivity index (χ2n) is 8.49. The molecule has 1 aliphatic carbocycles. The van der Waals surface area contributed by atoms with E-state index in [-0.39, 0.29) is 24.0 Å². The minimum absolute atomic E-state index is 0. The highest BCUT2D eigenvalue weighted by atomic mass is 127. The molecular weight excluding hydrogens is 447 g/mol. The van der Waals surface area contributed by atoms with E-state index < -0.39 is 22.8 Å². The first kappa shape index (κ1) is 25.2. The Kier molecular flexibility index (Phi) is 10.2. The van der Waals surface area contributed by atoms with Crippen LogP contribution in [0.2, 0.25) is 0 Å². The van der Waals surface area contributed by atoms with Gasteiger partial charge < -0.3 is 25.8 Å². The number of aliphatic hydroxyl groups is 1. The number of guanidine groups is 1. The zero-order valence-corrected chi connectivity index (χ0v) is 19.4. The summed E-state index contributed by atoms with van der Waals surface area (Å²) in [4.78, 5) is 16.5. The third-order valence-electron chi connectivity index (χ3n) is 3.94. The molecule has 0 unspecified atom stereocenters. The van der Waals surface area contributed by atoms with Crippen molar-refractivity contribution in [1.29, 1.82) is 0 Å². The minimum atomic E-state index is -0.638. The zero-order chi connectivity index (χ0) is 19.1. The number of halogens is 1. The number of amides is 1. The molecule has 0 aromatic rings. The number of carbonyl (C=O) groups is 1. The number of rotatable bonds is 6. The number of nitrogens with zero attached hydrogens (tertiary/aromatic N) is 1. The average Bonchev–Trinajstić information content (AvgIpc) is 2.86. The Morgan fingerprint density at radius 3 is 2.23 bits per heavy atom. The molecule has 1 saturated carbocycles. The maximum Gasteiger partial charge on any atom is 0.408 e. The molecule has 0 heterocycles. The lowest BCUT2D eigenvalue weighted by Crippen LogP contribution is -2.50. The number of hydrogen-bond donors (Lipinski definition) is 4. The van der Waals surface area contributed by atoms with Gasteiger partial charge in [0, 0.05) is 13.1 Å².